The lowest BCUT2D eigenvalue weighted by Crippen LogP contribution is -2.43. The van der Waals surface area contributed by atoms with Crippen molar-refractivity contribution in [3.05, 3.63) is 11.9 Å². The Bertz CT molecular complexity index is 446. The van der Waals surface area contributed by atoms with Gasteiger partial charge in [-0.15, -0.1) is 0 Å². The summed E-state index contributed by atoms with van der Waals surface area (Å²) in [5.74, 6) is 3.79. The third-order valence-electron chi connectivity index (χ3n) is 4.46. The molecule has 2 atom stereocenters. The van der Waals surface area contributed by atoms with E-state index in [1.54, 1.807) is 0 Å². The monoisotopic (exact) mass is 290 g/mol. The summed E-state index contributed by atoms with van der Waals surface area (Å²) in [7, 11) is 0. The van der Waals surface area contributed by atoms with Crippen LogP contribution in [0.15, 0.2) is 6.07 Å². The van der Waals surface area contributed by atoms with E-state index >= 15 is 0 Å². The Balaban J connectivity index is 2.25. The minimum atomic E-state index is 0.558. The highest BCUT2D eigenvalue weighted by molar-refractivity contribution is 5.50. The lowest BCUT2D eigenvalue weighted by Gasteiger charge is -2.39. The summed E-state index contributed by atoms with van der Waals surface area (Å²) in [6, 6.07) is 2.69. The van der Waals surface area contributed by atoms with E-state index in [2.05, 4.69) is 49.0 Å². The van der Waals surface area contributed by atoms with E-state index in [1.807, 2.05) is 0 Å². The number of hydrogen-bond acceptors (Lipinski definition) is 4. The Hall–Kier alpha value is -1.32. The second-order valence-electron chi connectivity index (χ2n) is 6.26. The van der Waals surface area contributed by atoms with Crippen molar-refractivity contribution in [2.45, 2.75) is 65.8 Å². The molecule has 0 radical (unpaired) electrons. The summed E-state index contributed by atoms with van der Waals surface area (Å²) in [6.45, 7) is 11.1. The number of nitrogens with zero attached hydrogens (tertiary/aromatic N) is 3. The molecule has 2 unspecified atom stereocenters. The van der Waals surface area contributed by atoms with Crippen LogP contribution in [0.25, 0.3) is 0 Å². The maximum Gasteiger partial charge on any atom is 0.134 e. The lowest BCUT2D eigenvalue weighted by atomic mass is 9.92. The van der Waals surface area contributed by atoms with Crippen molar-refractivity contribution in [2.75, 3.05) is 23.3 Å². The van der Waals surface area contributed by atoms with E-state index in [1.165, 1.54) is 12.8 Å². The van der Waals surface area contributed by atoms with Gasteiger partial charge in [-0.2, -0.15) is 0 Å². The number of piperidine rings is 1. The normalized spacial score (nSPS) is 22.4. The van der Waals surface area contributed by atoms with Crippen LogP contribution in [0.2, 0.25) is 0 Å². The van der Waals surface area contributed by atoms with Gasteiger partial charge in [-0.1, -0.05) is 20.8 Å². The van der Waals surface area contributed by atoms with Gasteiger partial charge in [0.05, 0.1) is 0 Å². The highest BCUT2D eigenvalue weighted by Gasteiger charge is 2.26. The van der Waals surface area contributed by atoms with Crippen LogP contribution < -0.4 is 10.2 Å². The topological polar surface area (TPSA) is 41.0 Å². The molecular formula is C17H30N4. The number of rotatable bonds is 6. The molecule has 1 aliphatic rings. The van der Waals surface area contributed by atoms with Crippen molar-refractivity contribution in [2.24, 2.45) is 5.92 Å². The van der Waals surface area contributed by atoms with Crippen LogP contribution in [0.1, 0.15) is 59.2 Å². The van der Waals surface area contributed by atoms with Crippen LogP contribution in [0.4, 0.5) is 11.6 Å². The third kappa shape index (κ3) is 4.08. The van der Waals surface area contributed by atoms with Gasteiger partial charge in [-0.3, -0.25) is 0 Å². The van der Waals surface area contributed by atoms with Gasteiger partial charge in [0.1, 0.15) is 17.5 Å². The Morgan fingerprint density at radius 1 is 1.24 bits per heavy atom. The lowest BCUT2D eigenvalue weighted by molar-refractivity contribution is 0.361. The molecule has 1 saturated heterocycles. The fourth-order valence-corrected chi connectivity index (χ4v) is 2.97. The zero-order valence-corrected chi connectivity index (χ0v) is 14.0. The molecule has 0 saturated carbocycles. The first kappa shape index (κ1) is 16.1. The summed E-state index contributed by atoms with van der Waals surface area (Å²) in [5, 5.41) is 3.42. The van der Waals surface area contributed by atoms with E-state index in [-0.39, 0.29) is 0 Å². The second kappa shape index (κ2) is 7.62. The van der Waals surface area contributed by atoms with E-state index < -0.39 is 0 Å². The van der Waals surface area contributed by atoms with Gasteiger partial charge in [0.2, 0.25) is 0 Å². The molecule has 4 heteroatoms. The number of aryl methyl sites for hydroxylation is 1. The third-order valence-corrected chi connectivity index (χ3v) is 4.46. The first-order valence-corrected chi connectivity index (χ1v) is 8.54. The number of hydrogen-bond donors (Lipinski definition) is 1. The number of nitrogens with one attached hydrogen (secondary N) is 1. The predicted octanol–water partition coefficient (Wildman–Crippen LogP) is 3.88. The SMILES string of the molecule is CCCNc1cc(N2CCCC(C)C2C)nc(CCC)n1. The first-order chi connectivity index (χ1) is 10.2. The molecular weight excluding hydrogens is 260 g/mol. The highest BCUT2D eigenvalue weighted by Crippen LogP contribution is 2.28. The Kier molecular flexibility index (Phi) is 5.83. The minimum absolute atomic E-state index is 0.558. The van der Waals surface area contributed by atoms with Crippen molar-refractivity contribution in [1.82, 2.24) is 9.97 Å². The van der Waals surface area contributed by atoms with Crippen molar-refractivity contribution < 1.29 is 0 Å². The molecule has 0 aromatic carbocycles. The van der Waals surface area contributed by atoms with Crippen molar-refractivity contribution in [1.29, 1.82) is 0 Å². The van der Waals surface area contributed by atoms with Gasteiger partial charge in [-0.25, -0.2) is 9.97 Å². The van der Waals surface area contributed by atoms with Crippen molar-refractivity contribution in [3.63, 3.8) is 0 Å². The minimum Gasteiger partial charge on any atom is -0.370 e. The zero-order chi connectivity index (χ0) is 15.2. The summed E-state index contributed by atoms with van der Waals surface area (Å²) in [6.07, 6.45) is 5.73. The van der Waals surface area contributed by atoms with Crippen LogP contribution in [0.3, 0.4) is 0 Å². The van der Waals surface area contributed by atoms with Gasteiger partial charge < -0.3 is 10.2 Å². The molecule has 1 N–H and O–H groups in total. The Morgan fingerprint density at radius 2 is 2.05 bits per heavy atom. The second-order valence-corrected chi connectivity index (χ2v) is 6.26. The molecule has 0 spiro atoms. The highest BCUT2D eigenvalue weighted by atomic mass is 15.2. The van der Waals surface area contributed by atoms with Crippen molar-refractivity contribution >= 4 is 11.6 Å². The largest absolute Gasteiger partial charge is 0.370 e. The summed E-state index contributed by atoms with van der Waals surface area (Å²) in [4.78, 5) is 11.9. The van der Waals surface area contributed by atoms with Crippen LogP contribution in [-0.2, 0) is 6.42 Å². The molecule has 1 aromatic rings. The number of anilines is 2. The predicted molar refractivity (Wildman–Crippen MR) is 90.0 cm³/mol. The van der Waals surface area contributed by atoms with E-state index in [0.717, 1.165) is 55.7 Å². The molecule has 0 amide bonds. The standard InChI is InChI=1S/C17H30N4/c1-5-8-15-19-16(18-10-6-2)12-17(20-15)21-11-7-9-13(3)14(21)4/h12-14H,5-11H2,1-4H3,(H,18,19,20). The zero-order valence-electron chi connectivity index (χ0n) is 14.0. The van der Waals surface area contributed by atoms with Crippen LogP contribution in [-0.4, -0.2) is 29.1 Å². The molecule has 0 aliphatic carbocycles. The molecule has 1 fully saturated rings. The van der Waals surface area contributed by atoms with Crippen LogP contribution in [0.5, 0.6) is 0 Å². The molecule has 0 bridgehead atoms. The molecule has 2 heterocycles. The van der Waals surface area contributed by atoms with Crippen molar-refractivity contribution in [3.8, 4) is 0 Å². The smallest absolute Gasteiger partial charge is 0.134 e. The van der Waals surface area contributed by atoms with Crippen LogP contribution >= 0.6 is 0 Å². The average molecular weight is 290 g/mol. The summed E-state index contributed by atoms with van der Waals surface area (Å²) < 4.78 is 0. The maximum atomic E-state index is 4.81. The molecule has 2 rings (SSSR count). The summed E-state index contributed by atoms with van der Waals surface area (Å²) in [5.41, 5.74) is 0. The fourth-order valence-electron chi connectivity index (χ4n) is 2.97. The average Bonchev–Trinajstić information content (AvgIpc) is 2.48. The van der Waals surface area contributed by atoms with Gasteiger partial charge in [0, 0.05) is 31.6 Å². The van der Waals surface area contributed by atoms with Gasteiger partial charge in [-0.05, 0) is 38.5 Å². The molecule has 118 valence electrons. The van der Waals surface area contributed by atoms with Gasteiger partial charge in [0.25, 0.3) is 0 Å². The van der Waals surface area contributed by atoms with E-state index in [4.69, 9.17) is 4.98 Å². The fraction of sp³-hybridized carbons (Fsp3) is 0.765. The van der Waals surface area contributed by atoms with E-state index in [9.17, 15) is 0 Å². The summed E-state index contributed by atoms with van der Waals surface area (Å²) >= 11 is 0. The maximum absolute atomic E-state index is 4.81. The number of aromatic nitrogens is 2. The van der Waals surface area contributed by atoms with Gasteiger partial charge >= 0.3 is 0 Å². The molecule has 1 aromatic heterocycles. The Morgan fingerprint density at radius 3 is 2.76 bits per heavy atom. The molecule has 4 nitrogen and oxygen atoms in total. The molecule has 21 heavy (non-hydrogen) atoms. The van der Waals surface area contributed by atoms with Crippen LogP contribution in [0, 0.1) is 5.92 Å². The van der Waals surface area contributed by atoms with Gasteiger partial charge in [0.15, 0.2) is 0 Å². The van der Waals surface area contributed by atoms with E-state index in [0.29, 0.717) is 6.04 Å². The first-order valence-electron chi connectivity index (χ1n) is 8.54. The quantitative estimate of drug-likeness (QED) is 0.863. The Labute approximate surface area is 129 Å². The molecule has 1 aliphatic heterocycles.